The van der Waals surface area contributed by atoms with Crippen LogP contribution in [0.4, 0.5) is 4.39 Å². The molecule has 0 aromatic heterocycles. The molecule has 0 aromatic carbocycles. The van der Waals surface area contributed by atoms with Crippen LogP contribution in [-0.4, -0.2) is 99.2 Å². The normalized spacial score (nSPS) is 27.8. The van der Waals surface area contributed by atoms with Gasteiger partial charge in [-0.15, -0.1) is 0 Å². The smallest absolute Gasteiger partial charge is 0.139 e. The van der Waals surface area contributed by atoms with Crippen molar-refractivity contribution in [2.45, 2.75) is 155 Å². The van der Waals surface area contributed by atoms with Gasteiger partial charge in [-0.05, 0) is 85.0 Å². The van der Waals surface area contributed by atoms with Gasteiger partial charge >= 0.3 is 0 Å². The van der Waals surface area contributed by atoms with Crippen LogP contribution in [0.15, 0.2) is 0 Å². The molecule has 0 atom stereocenters. The third-order valence-electron chi connectivity index (χ3n) is 10.8. The molecule has 5 rings (SSSR count). The van der Waals surface area contributed by atoms with E-state index in [2.05, 4.69) is 70.1 Å². The fourth-order valence-electron chi connectivity index (χ4n) is 7.18. The van der Waals surface area contributed by atoms with Gasteiger partial charge in [0.25, 0.3) is 0 Å². The second-order valence-corrected chi connectivity index (χ2v) is 15.1. The lowest BCUT2D eigenvalue weighted by molar-refractivity contribution is -0.152. The number of alkyl halides is 1. The van der Waals surface area contributed by atoms with Gasteiger partial charge in [-0.2, -0.15) is 0 Å². The number of aliphatic hydroxyl groups is 2. The molecule has 39 heavy (non-hydrogen) atoms. The summed E-state index contributed by atoms with van der Waals surface area (Å²) in [4.78, 5) is 6.91. The molecular formula is C33H64FN3O2. The Bertz CT molecular complexity index is 668. The van der Waals surface area contributed by atoms with Crippen molar-refractivity contribution in [2.24, 2.45) is 17.8 Å². The van der Waals surface area contributed by atoms with Gasteiger partial charge in [-0.1, -0.05) is 52.4 Å². The van der Waals surface area contributed by atoms with Crippen LogP contribution < -0.4 is 0 Å². The Morgan fingerprint density at radius 1 is 0.538 bits per heavy atom. The van der Waals surface area contributed by atoms with E-state index in [9.17, 15) is 14.6 Å². The maximum Gasteiger partial charge on any atom is 0.139 e. The second-order valence-electron chi connectivity index (χ2n) is 15.1. The lowest BCUT2D eigenvalue weighted by Gasteiger charge is -2.53. The van der Waals surface area contributed by atoms with E-state index in [4.69, 9.17) is 0 Å². The summed E-state index contributed by atoms with van der Waals surface area (Å²) in [6, 6.07) is 1.69. The Balaban J connectivity index is 0.000000163. The van der Waals surface area contributed by atoms with Crippen LogP contribution in [0.2, 0.25) is 0 Å². The summed E-state index contributed by atoms with van der Waals surface area (Å²) in [7, 11) is 0. The number of halogens is 1. The van der Waals surface area contributed by atoms with E-state index in [0.717, 1.165) is 39.0 Å². The van der Waals surface area contributed by atoms with Crippen LogP contribution in [0.25, 0.3) is 0 Å². The minimum absolute atomic E-state index is 0.329. The third-order valence-corrected chi connectivity index (χ3v) is 10.8. The van der Waals surface area contributed by atoms with Crippen LogP contribution in [0.1, 0.15) is 120 Å². The first-order valence-electron chi connectivity index (χ1n) is 16.5. The third kappa shape index (κ3) is 8.40. The van der Waals surface area contributed by atoms with Gasteiger partial charge < -0.3 is 10.2 Å². The van der Waals surface area contributed by atoms with Crippen LogP contribution in [0.5, 0.6) is 0 Å². The predicted molar refractivity (Wildman–Crippen MR) is 162 cm³/mol. The zero-order valence-corrected chi connectivity index (χ0v) is 26.9. The molecule has 2 saturated carbocycles. The molecule has 3 heterocycles. The van der Waals surface area contributed by atoms with Crippen molar-refractivity contribution in [2.75, 3.05) is 39.3 Å². The minimum atomic E-state index is -0.829. The summed E-state index contributed by atoms with van der Waals surface area (Å²) in [6.07, 6.45) is 12.6. The highest BCUT2D eigenvalue weighted by Crippen LogP contribution is 2.42. The first-order chi connectivity index (χ1) is 18.2. The predicted octanol–water partition coefficient (Wildman–Crippen LogP) is 6.12. The van der Waals surface area contributed by atoms with Gasteiger partial charge in [0.2, 0.25) is 0 Å². The average Bonchev–Trinajstić information content (AvgIpc) is 2.84. The van der Waals surface area contributed by atoms with Crippen molar-refractivity contribution >= 4 is 0 Å². The van der Waals surface area contributed by atoms with Crippen LogP contribution in [-0.2, 0) is 0 Å². The highest BCUT2D eigenvalue weighted by atomic mass is 19.1. The van der Waals surface area contributed by atoms with E-state index < -0.39 is 11.3 Å². The van der Waals surface area contributed by atoms with Crippen LogP contribution >= 0.6 is 0 Å². The lowest BCUT2D eigenvalue weighted by atomic mass is 9.72. The Kier molecular flexibility index (Phi) is 11.8. The number of rotatable bonds is 6. The number of hydrogen-bond acceptors (Lipinski definition) is 5. The quantitative estimate of drug-likeness (QED) is 0.415. The van der Waals surface area contributed by atoms with Gasteiger partial charge in [0, 0.05) is 57.4 Å². The summed E-state index contributed by atoms with van der Waals surface area (Å²) in [6.45, 7) is 22.1. The SMILES string of the molecule is CC(C)N1CC(F)(C2CCCCC2)C1.CC(C)N1CC(O)(C(C)C)C1.CC(C)N1CC(O)(C2CCCCC2)C1. The molecule has 6 heteroatoms. The van der Waals surface area contributed by atoms with Gasteiger partial charge in [-0.3, -0.25) is 14.7 Å². The van der Waals surface area contributed by atoms with Crippen molar-refractivity contribution in [1.82, 2.24) is 14.7 Å². The van der Waals surface area contributed by atoms with Gasteiger partial charge in [0.05, 0.1) is 11.2 Å². The minimum Gasteiger partial charge on any atom is -0.387 e. The van der Waals surface area contributed by atoms with E-state index in [-0.39, 0.29) is 5.60 Å². The molecule has 230 valence electrons. The van der Waals surface area contributed by atoms with E-state index in [1.54, 1.807) is 0 Å². The molecule has 3 aliphatic heterocycles. The maximum atomic E-state index is 14.4. The van der Waals surface area contributed by atoms with E-state index in [0.29, 0.717) is 49.0 Å². The van der Waals surface area contributed by atoms with Crippen molar-refractivity contribution in [3.63, 3.8) is 0 Å². The lowest BCUT2D eigenvalue weighted by Crippen LogP contribution is -2.67. The molecular weight excluding hydrogens is 489 g/mol. The zero-order valence-electron chi connectivity index (χ0n) is 26.9. The largest absolute Gasteiger partial charge is 0.387 e. The highest BCUT2D eigenvalue weighted by Gasteiger charge is 2.50. The Hall–Kier alpha value is -0.270. The molecule has 0 unspecified atom stereocenters. The number of likely N-dealkylation sites (tertiary alicyclic amines) is 3. The topological polar surface area (TPSA) is 50.2 Å². The molecule has 2 N–H and O–H groups in total. The summed E-state index contributed by atoms with van der Waals surface area (Å²) in [5, 5.41) is 20.3. The standard InChI is InChI=1S/C12H22FN.C12H23NO.C9H19NO/c1-10(2)14-8-12(13,9-14)11-6-4-3-5-7-11;1-10(2)13-8-12(14,9-13)11-6-4-3-5-7-11;1-7(2)9(11)5-10(6-9)8(3)4/h10-11H,3-9H2,1-2H3;10-11,14H,3-9H2,1-2H3;7-8,11H,5-6H2,1-4H3. The molecule has 0 amide bonds. The number of hydrogen-bond donors (Lipinski definition) is 2. The Morgan fingerprint density at radius 3 is 1.28 bits per heavy atom. The zero-order chi connectivity index (χ0) is 29.0. The molecule has 0 aromatic rings. The monoisotopic (exact) mass is 553 g/mol. The molecule has 3 saturated heterocycles. The Morgan fingerprint density at radius 2 is 0.897 bits per heavy atom. The Labute approximate surface area is 240 Å². The number of nitrogens with zero attached hydrogens (tertiary/aromatic N) is 3. The van der Waals surface area contributed by atoms with E-state index in [1.807, 2.05) is 0 Å². The second kappa shape index (κ2) is 13.8. The average molecular weight is 554 g/mol. The maximum absolute atomic E-state index is 14.4. The summed E-state index contributed by atoms with van der Waals surface area (Å²) in [5.74, 6) is 1.34. The molecule has 0 bridgehead atoms. The van der Waals surface area contributed by atoms with Gasteiger partial charge in [0.1, 0.15) is 5.67 Å². The van der Waals surface area contributed by atoms with Crippen LogP contribution in [0.3, 0.4) is 0 Å². The van der Waals surface area contributed by atoms with E-state index >= 15 is 0 Å². The highest BCUT2D eigenvalue weighted by molar-refractivity contribution is 5.03. The molecule has 0 radical (unpaired) electrons. The molecule has 5 nitrogen and oxygen atoms in total. The first kappa shape index (κ1) is 33.2. The van der Waals surface area contributed by atoms with Crippen molar-refractivity contribution in [3.8, 4) is 0 Å². The summed E-state index contributed by atoms with van der Waals surface area (Å²) in [5.41, 5.74) is -1.56. The van der Waals surface area contributed by atoms with Crippen LogP contribution in [0, 0.1) is 17.8 Å². The molecule has 0 spiro atoms. The fourth-order valence-corrected chi connectivity index (χ4v) is 7.18. The molecule has 5 aliphatic rings. The fraction of sp³-hybridized carbons (Fsp3) is 1.00. The van der Waals surface area contributed by atoms with E-state index in [1.165, 1.54) is 51.4 Å². The summed E-state index contributed by atoms with van der Waals surface area (Å²) < 4.78 is 14.4. The number of β-amino-alcohol motifs (C(OH)–C–C–N with tert-alkyl or cyclic N) is 2. The molecule has 5 fully saturated rings. The van der Waals surface area contributed by atoms with Crippen molar-refractivity contribution in [1.29, 1.82) is 0 Å². The summed E-state index contributed by atoms with van der Waals surface area (Å²) >= 11 is 0. The van der Waals surface area contributed by atoms with Crippen molar-refractivity contribution in [3.05, 3.63) is 0 Å². The first-order valence-corrected chi connectivity index (χ1v) is 16.5. The van der Waals surface area contributed by atoms with Crippen molar-refractivity contribution < 1.29 is 14.6 Å². The van der Waals surface area contributed by atoms with Gasteiger partial charge in [0.15, 0.2) is 0 Å². The molecule has 2 aliphatic carbocycles. The van der Waals surface area contributed by atoms with Gasteiger partial charge in [-0.25, -0.2) is 4.39 Å².